The third-order valence-corrected chi connectivity index (χ3v) is 1.89. The maximum absolute atomic E-state index is 5.39. The summed E-state index contributed by atoms with van der Waals surface area (Å²) in [5.41, 5.74) is 6.23. The van der Waals surface area contributed by atoms with Gasteiger partial charge in [-0.1, -0.05) is 12.1 Å². The predicted molar refractivity (Wildman–Crippen MR) is 54.9 cm³/mol. The number of nitrogens with zero attached hydrogens (tertiary/aromatic N) is 3. The molecule has 0 aliphatic carbocycles. The lowest BCUT2D eigenvalue weighted by atomic mass is 10.2. The largest absolute Gasteiger partial charge is 0.367 e. The molecule has 5 heteroatoms. The molecule has 0 fully saturated rings. The number of hydrogen-bond acceptors (Lipinski definition) is 5. The van der Waals surface area contributed by atoms with E-state index in [1.807, 2.05) is 24.3 Å². The van der Waals surface area contributed by atoms with E-state index in [0.29, 0.717) is 13.1 Å². The minimum absolute atomic E-state index is 0.568. The van der Waals surface area contributed by atoms with Crippen LogP contribution in [0.4, 0.5) is 5.82 Å². The number of benzene rings is 1. The Hall–Kier alpha value is -1.75. The molecule has 0 amide bonds. The molecule has 72 valence electrons. The van der Waals surface area contributed by atoms with Crippen LogP contribution in [0, 0.1) is 0 Å². The van der Waals surface area contributed by atoms with Gasteiger partial charge in [-0.3, -0.25) is 0 Å². The number of nitrogens with two attached hydrogens (primary N) is 1. The van der Waals surface area contributed by atoms with Gasteiger partial charge in [-0.15, -0.1) is 10.2 Å². The van der Waals surface area contributed by atoms with E-state index in [1.165, 1.54) is 0 Å². The molecule has 14 heavy (non-hydrogen) atoms. The van der Waals surface area contributed by atoms with Gasteiger partial charge in [0.05, 0.1) is 5.52 Å². The van der Waals surface area contributed by atoms with Crippen LogP contribution in [0.25, 0.3) is 10.9 Å². The Bertz CT molecular complexity index is 423. The molecule has 0 spiro atoms. The first-order valence-electron chi connectivity index (χ1n) is 4.44. The van der Waals surface area contributed by atoms with Crippen molar-refractivity contribution in [3.05, 3.63) is 24.3 Å². The summed E-state index contributed by atoms with van der Waals surface area (Å²) < 4.78 is 0. The van der Waals surface area contributed by atoms with Crippen molar-refractivity contribution < 1.29 is 0 Å². The Morgan fingerprint density at radius 1 is 1.21 bits per heavy atom. The van der Waals surface area contributed by atoms with Crippen molar-refractivity contribution in [2.45, 2.75) is 0 Å². The second kappa shape index (κ2) is 3.97. The van der Waals surface area contributed by atoms with E-state index in [0.717, 1.165) is 16.7 Å². The molecule has 0 saturated heterocycles. The summed E-state index contributed by atoms with van der Waals surface area (Å²) in [6.45, 7) is 1.25. The summed E-state index contributed by atoms with van der Waals surface area (Å²) in [6, 6.07) is 7.72. The Morgan fingerprint density at radius 2 is 2.07 bits per heavy atom. The SMILES string of the molecule is NCCNc1nnnc2ccccc12. The first kappa shape index (κ1) is 8.83. The van der Waals surface area contributed by atoms with Crippen LogP contribution in [0.5, 0.6) is 0 Å². The fourth-order valence-corrected chi connectivity index (χ4v) is 1.25. The summed E-state index contributed by atoms with van der Waals surface area (Å²) in [5, 5.41) is 15.6. The summed E-state index contributed by atoms with van der Waals surface area (Å²) in [6.07, 6.45) is 0. The molecule has 5 nitrogen and oxygen atoms in total. The third kappa shape index (κ3) is 1.62. The van der Waals surface area contributed by atoms with Gasteiger partial charge in [0, 0.05) is 18.5 Å². The number of hydrogen-bond donors (Lipinski definition) is 2. The number of anilines is 1. The molecule has 1 aromatic heterocycles. The monoisotopic (exact) mass is 189 g/mol. The first-order chi connectivity index (χ1) is 6.92. The van der Waals surface area contributed by atoms with Crippen molar-refractivity contribution in [1.82, 2.24) is 15.4 Å². The van der Waals surface area contributed by atoms with Crippen LogP contribution < -0.4 is 11.1 Å². The van der Waals surface area contributed by atoms with Crippen molar-refractivity contribution in [3.63, 3.8) is 0 Å². The Balaban J connectivity index is 2.43. The van der Waals surface area contributed by atoms with E-state index >= 15 is 0 Å². The Labute approximate surface area is 81.3 Å². The fraction of sp³-hybridized carbons (Fsp3) is 0.222. The van der Waals surface area contributed by atoms with Crippen molar-refractivity contribution >= 4 is 16.7 Å². The second-order valence-electron chi connectivity index (χ2n) is 2.87. The number of rotatable bonds is 3. The summed E-state index contributed by atoms with van der Waals surface area (Å²) in [4.78, 5) is 0. The van der Waals surface area contributed by atoms with Crippen molar-refractivity contribution in [1.29, 1.82) is 0 Å². The van der Waals surface area contributed by atoms with Gasteiger partial charge in [-0.05, 0) is 17.3 Å². The zero-order chi connectivity index (χ0) is 9.80. The van der Waals surface area contributed by atoms with Crippen LogP contribution in [0.15, 0.2) is 24.3 Å². The van der Waals surface area contributed by atoms with E-state index in [1.54, 1.807) is 0 Å². The lowest BCUT2D eigenvalue weighted by molar-refractivity contribution is 0.887. The quantitative estimate of drug-likeness (QED) is 0.730. The van der Waals surface area contributed by atoms with Gasteiger partial charge in [-0.2, -0.15) is 0 Å². The van der Waals surface area contributed by atoms with Crippen molar-refractivity contribution in [2.75, 3.05) is 18.4 Å². The summed E-state index contributed by atoms with van der Waals surface area (Å²) in [7, 11) is 0. The summed E-state index contributed by atoms with van der Waals surface area (Å²) in [5.74, 6) is 0.737. The zero-order valence-corrected chi connectivity index (χ0v) is 7.64. The van der Waals surface area contributed by atoms with E-state index in [9.17, 15) is 0 Å². The minimum Gasteiger partial charge on any atom is -0.367 e. The van der Waals surface area contributed by atoms with E-state index in [2.05, 4.69) is 20.7 Å². The number of aromatic nitrogens is 3. The van der Waals surface area contributed by atoms with Crippen LogP contribution >= 0.6 is 0 Å². The lowest BCUT2D eigenvalue weighted by Crippen LogP contribution is -2.14. The third-order valence-electron chi connectivity index (χ3n) is 1.89. The van der Waals surface area contributed by atoms with Gasteiger partial charge in [0.1, 0.15) is 0 Å². The number of nitrogens with one attached hydrogen (secondary N) is 1. The van der Waals surface area contributed by atoms with Gasteiger partial charge in [0.2, 0.25) is 0 Å². The van der Waals surface area contributed by atoms with E-state index < -0.39 is 0 Å². The smallest absolute Gasteiger partial charge is 0.160 e. The van der Waals surface area contributed by atoms with Gasteiger partial charge in [-0.25, -0.2) is 0 Å². The highest BCUT2D eigenvalue weighted by Crippen LogP contribution is 2.16. The summed E-state index contributed by atoms with van der Waals surface area (Å²) >= 11 is 0. The fourth-order valence-electron chi connectivity index (χ4n) is 1.25. The Morgan fingerprint density at radius 3 is 2.93 bits per heavy atom. The molecular weight excluding hydrogens is 178 g/mol. The molecule has 0 atom stereocenters. The molecular formula is C9H11N5. The topological polar surface area (TPSA) is 76.7 Å². The molecule has 0 aliphatic rings. The van der Waals surface area contributed by atoms with Gasteiger partial charge >= 0.3 is 0 Å². The minimum atomic E-state index is 0.568. The van der Waals surface area contributed by atoms with Crippen LogP contribution in [0.3, 0.4) is 0 Å². The standard InChI is InChI=1S/C9H11N5/c10-5-6-11-9-7-3-1-2-4-8(7)12-14-13-9/h1-4H,5-6,10H2,(H,11,12,13). The molecule has 0 radical (unpaired) electrons. The molecule has 1 heterocycles. The van der Waals surface area contributed by atoms with Gasteiger partial charge in [0.25, 0.3) is 0 Å². The molecule has 2 rings (SSSR count). The first-order valence-corrected chi connectivity index (χ1v) is 4.44. The zero-order valence-electron chi connectivity index (χ0n) is 7.64. The lowest BCUT2D eigenvalue weighted by Gasteiger charge is -2.04. The van der Waals surface area contributed by atoms with Crippen LogP contribution in [-0.4, -0.2) is 28.5 Å². The van der Waals surface area contributed by atoms with Crippen molar-refractivity contribution in [2.24, 2.45) is 5.73 Å². The van der Waals surface area contributed by atoms with Crippen molar-refractivity contribution in [3.8, 4) is 0 Å². The molecule has 0 aliphatic heterocycles. The highest BCUT2D eigenvalue weighted by molar-refractivity contribution is 5.88. The molecule has 2 aromatic rings. The van der Waals surface area contributed by atoms with E-state index in [4.69, 9.17) is 5.73 Å². The maximum Gasteiger partial charge on any atom is 0.160 e. The average Bonchev–Trinajstić information content (AvgIpc) is 2.26. The predicted octanol–water partition coefficient (Wildman–Crippen LogP) is 0.395. The van der Waals surface area contributed by atoms with Crippen LogP contribution in [0.1, 0.15) is 0 Å². The molecule has 1 aromatic carbocycles. The maximum atomic E-state index is 5.39. The normalized spacial score (nSPS) is 10.4. The average molecular weight is 189 g/mol. The molecule has 3 N–H and O–H groups in total. The highest BCUT2D eigenvalue weighted by atomic mass is 15.3. The molecule has 0 saturated carbocycles. The number of fused-ring (bicyclic) bond motifs is 1. The second-order valence-corrected chi connectivity index (χ2v) is 2.87. The highest BCUT2D eigenvalue weighted by Gasteiger charge is 2.01. The van der Waals surface area contributed by atoms with Gasteiger partial charge in [0.15, 0.2) is 5.82 Å². The van der Waals surface area contributed by atoms with Crippen LogP contribution in [0.2, 0.25) is 0 Å². The van der Waals surface area contributed by atoms with Crippen LogP contribution in [-0.2, 0) is 0 Å². The molecule has 0 bridgehead atoms. The molecule has 0 unspecified atom stereocenters. The van der Waals surface area contributed by atoms with Gasteiger partial charge < -0.3 is 11.1 Å². The van der Waals surface area contributed by atoms with E-state index in [-0.39, 0.29) is 0 Å². The Kier molecular flexibility index (Phi) is 2.51.